The third kappa shape index (κ3) is 4.16. The number of hydrogen-bond acceptors (Lipinski definition) is 6. The van der Waals surface area contributed by atoms with Gasteiger partial charge in [-0.25, -0.2) is 10.5 Å². The van der Waals surface area contributed by atoms with Gasteiger partial charge in [-0.2, -0.15) is 0 Å². The maximum atomic E-state index is 11.1. The zero-order valence-electron chi connectivity index (χ0n) is 15.6. The number of pyridine rings is 1. The molecule has 2 aliphatic heterocycles. The standard InChI is InChI=1S/C21H24N4O3/c26-20(25-27)6-3-15-2-5-19(23-13-15)24-21(8-9-22-14-21)12-16-1-4-18-17(11-16)7-10-28-18/h1-6,11,13,22,27H,7-10,12,14H2,(H,23,24)(H,25,26)/b6-3+/t21-/m0/s1. The van der Waals surface area contributed by atoms with Crippen LogP contribution in [0.1, 0.15) is 23.1 Å². The van der Waals surface area contributed by atoms with Crippen LogP contribution in [0.5, 0.6) is 5.75 Å². The number of ether oxygens (including phenoxy) is 1. The Bertz CT molecular complexity index is 874. The average Bonchev–Trinajstić information content (AvgIpc) is 3.36. The van der Waals surface area contributed by atoms with Crippen molar-refractivity contribution in [2.75, 3.05) is 25.0 Å². The molecule has 1 aromatic carbocycles. The Morgan fingerprint density at radius 1 is 1.36 bits per heavy atom. The first kappa shape index (κ1) is 18.5. The molecule has 4 rings (SSSR count). The second kappa shape index (κ2) is 8.00. The zero-order chi connectivity index (χ0) is 19.4. The molecule has 2 aliphatic rings. The summed E-state index contributed by atoms with van der Waals surface area (Å²) in [6.07, 6.45) is 7.46. The van der Waals surface area contributed by atoms with Crippen LogP contribution in [0.15, 0.2) is 42.6 Å². The summed E-state index contributed by atoms with van der Waals surface area (Å²) >= 11 is 0. The molecule has 1 amide bonds. The molecule has 2 aromatic rings. The van der Waals surface area contributed by atoms with Gasteiger partial charge >= 0.3 is 0 Å². The summed E-state index contributed by atoms with van der Waals surface area (Å²) in [5, 5.41) is 15.6. The summed E-state index contributed by atoms with van der Waals surface area (Å²) in [6.45, 7) is 2.62. The first-order chi connectivity index (χ1) is 13.7. The largest absolute Gasteiger partial charge is 0.493 e. The van der Waals surface area contributed by atoms with Gasteiger partial charge in [-0.3, -0.25) is 10.0 Å². The maximum absolute atomic E-state index is 11.1. The molecule has 1 saturated heterocycles. The van der Waals surface area contributed by atoms with Gasteiger partial charge in [0.25, 0.3) is 5.91 Å². The van der Waals surface area contributed by atoms with Gasteiger partial charge in [0, 0.05) is 25.2 Å². The van der Waals surface area contributed by atoms with Crippen molar-refractivity contribution in [3.63, 3.8) is 0 Å². The van der Waals surface area contributed by atoms with Crippen molar-refractivity contribution in [2.24, 2.45) is 0 Å². The molecule has 7 heteroatoms. The highest BCUT2D eigenvalue weighted by molar-refractivity contribution is 5.90. The Labute approximate surface area is 163 Å². The van der Waals surface area contributed by atoms with Gasteiger partial charge in [0.15, 0.2) is 0 Å². The Hall–Kier alpha value is -2.90. The number of amides is 1. The minimum atomic E-state index is -0.571. The second-order valence-corrected chi connectivity index (χ2v) is 7.34. The van der Waals surface area contributed by atoms with Crippen molar-refractivity contribution in [3.05, 3.63) is 59.3 Å². The first-order valence-corrected chi connectivity index (χ1v) is 9.48. The highest BCUT2D eigenvalue weighted by Gasteiger charge is 2.34. The predicted octanol–water partition coefficient (Wildman–Crippen LogP) is 1.92. The first-order valence-electron chi connectivity index (χ1n) is 9.48. The van der Waals surface area contributed by atoms with Gasteiger partial charge in [-0.1, -0.05) is 12.1 Å². The predicted molar refractivity (Wildman–Crippen MR) is 106 cm³/mol. The van der Waals surface area contributed by atoms with Gasteiger partial charge in [0.2, 0.25) is 0 Å². The molecule has 146 valence electrons. The Kier molecular flexibility index (Phi) is 5.27. The summed E-state index contributed by atoms with van der Waals surface area (Å²) in [7, 11) is 0. The van der Waals surface area contributed by atoms with Crippen LogP contribution < -0.4 is 20.9 Å². The number of hydroxylamine groups is 1. The average molecular weight is 380 g/mol. The van der Waals surface area contributed by atoms with E-state index in [0.717, 1.165) is 56.1 Å². The minimum Gasteiger partial charge on any atom is -0.493 e. The molecule has 0 saturated carbocycles. The van der Waals surface area contributed by atoms with Crippen molar-refractivity contribution in [2.45, 2.75) is 24.8 Å². The van der Waals surface area contributed by atoms with E-state index in [1.807, 2.05) is 12.1 Å². The Morgan fingerprint density at radius 3 is 3.04 bits per heavy atom. The van der Waals surface area contributed by atoms with Crippen molar-refractivity contribution in [1.82, 2.24) is 15.8 Å². The van der Waals surface area contributed by atoms with E-state index in [4.69, 9.17) is 9.94 Å². The molecule has 3 heterocycles. The number of nitrogens with zero attached hydrogens (tertiary/aromatic N) is 1. The summed E-state index contributed by atoms with van der Waals surface area (Å²) < 4.78 is 5.61. The van der Waals surface area contributed by atoms with E-state index in [-0.39, 0.29) is 5.54 Å². The SMILES string of the molecule is O=C(/C=C/c1ccc(N[C@]2(Cc3ccc4c(c3)CCO4)CCNC2)nc1)NO. The van der Waals surface area contributed by atoms with Crippen LogP contribution in [-0.2, 0) is 17.6 Å². The zero-order valence-corrected chi connectivity index (χ0v) is 15.6. The van der Waals surface area contributed by atoms with Gasteiger partial charge in [0.1, 0.15) is 11.6 Å². The van der Waals surface area contributed by atoms with Crippen LogP contribution in [0.4, 0.5) is 5.82 Å². The van der Waals surface area contributed by atoms with Gasteiger partial charge in [0.05, 0.1) is 12.1 Å². The Balaban J connectivity index is 1.47. The molecule has 1 atom stereocenters. The number of anilines is 1. The van der Waals surface area contributed by atoms with E-state index in [1.165, 1.54) is 17.2 Å². The molecule has 4 N–H and O–H groups in total. The van der Waals surface area contributed by atoms with E-state index in [1.54, 1.807) is 17.8 Å². The molecule has 0 aliphatic carbocycles. The van der Waals surface area contributed by atoms with E-state index in [2.05, 4.69) is 33.8 Å². The van der Waals surface area contributed by atoms with E-state index in [9.17, 15) is 4.79 Å². The van der Waals surface area contributed by atoms with Crippen LogP contribution in [0.3, 0.4) is 0 Å². The van der Waals surface area contributed by atoms with Gasteiger partial charge < -0.3 is 15.4 Å². The summed E-state index contributed by atoms with van der Waals surface area (Å²) in [6, 6.07) is 10.3. The van der Waals surface area contributed by atoms with E-state index >= 15 is 0 Å². The van der Waals surface area contributed by atoms with Crippen molar-refractivity contribution in [1.29, 1.82) is 0 Å². The molecular formula is C21H24N4O3. The highest BCUT2D eigenvalue weighted by atomic mass is 16.5. The lowest BCUT2D eigenvalue weighted by Crippen LogP contribution is -2.43. The summed E-state index contributed by atoms with van der Waals surface area (Å²) in [4.78, 5) is 15.6. The summed E-state index contributed by atoms with van der Waals surface area (Å²) in [5.41, 5.74) is 4.85. The fourth-order valence-electron chi connectivity index (χ4n) is 3.84. The highest BCUT2D eigenvalue weighted by Crippen LogP contribution is 2.30. The number of aromatic nitrogens is 1. The topological polar surface area (TPSA) is 95.5 Å². The Morgan fingerprint density at radius 2 is 2.29 bits per heavy atom. The number of carbonyl (C=O) groups is 1. The quantitative estimate of drug-likeness (QED) is 0.347. The van der Waals surface area contributed by atoms with Crippen LogP contribution in [0.25, 0.3) is 6.08 Å². The maximum Gasteiger partial charge on any atom is 0.267 e. The lowest BCUT2D eigenvalue weighted by molar-refractivity contribution is -0.124. The molecule has 0 spiro atoms. The minimum absolute atomic E-state index is 0.0885. The smallest absolute Gasteiger partial charge is 0.267 e. The van der Waals surface area contributed by atoms with Crippen molar-refractivity contribution >= 4 is 17.8 Å². The molecule has 0 unspecified atom stereocenters. The van der Waals surface area contributed by atoms with Crippen LogP contribution in [0.2, 0.25) is 0 Å². The van der Waals surface area contributed by atoms with Gasteiger partial charge in [-0.05, 0) is 60.4 Å². The molecule has 0 radical (unpaired) electrons. The number of rotatable bonds is 6. The van der Waals surface area contributed by atoms with Crippen molar-refractivity contribution < 1.29 is 14.7 Å². The molecule has 28 heavy (non-hydrogen) atoms. The molecule has 1 aromatic heterocycles. The van der Waals surface area contributed by atoms with Gasteiger partial charge in [-0.15, -0.1) is 0 Å². The van der Waals surface area contributed by atoms with Crippen LogP contribution in [-0.4, -0.2) is 41.3 Å². The van der Waals surface area contributed by atoms with Crippen molar-refractivity contribution in [3.8, 4) is 5.75 Å². The third-order valence-corrected chi connectivity index (χ3v) is 5.26. The number of fused-ring (bicyclic) bond motifs is 1. The fourth-order valence-corrected chi connectivity index (χ4v) is 3.84. The third-order valence-electron chi connectivity index (χ3n) is 5.26. The second-order valence-electron chi connectivity index (χ2n) is 7.34. The summed E-state index contributed by atoms with van der Waals surface area (Å²) in [5.74, 6) is 1.24. The van der Waals surface area contributed by atoms with E-state index < -0.39 is 5.91 Å². The number of hydrogen-bond donors (Lipinski definition) is 4. The number of carbonyl (C=O) groups excluding carboxylic acids is 1. The fraction of sp³-hybridized carbons (Fsp3) is 0.333. The normalized spacial score (nSPS) is 20.8. The molecular weight excluding hydrogens is 356 g/mol. The van der Waals surface area contributed by atoms with E-state index in [0.29, 0.717) is 0 Å². The number of nitrogens with one attached hydrogen (secondary N) is 3. The lowest BCUT2D eigenvalue weighted by atomic mass is 9.89. The van der Waals surface area contributed by atoms with Crippen LogP contribution in [0, 0.1) is 0 Å². The monoisotopic (exact) mass is 380 g/mol. The van der Waals surface area contributed by atoms with Crippen LogP contribution >= 0.6 is 0 Å². The lowest BCUT2D eigenvalue weighted by Gasteiger charge is -2.30. The molecule has 0 bridgehead atoms. The molecule has 1 fully saturated rings. The molecule has 7 nitrogen and oxygen atoms in total. The number of benzene rings is 1.